The van der Waals surface area contributed by atoms with E-state index in [-0.39, 0.29) is 6.04 Å². The Morgan fingerprint density at radius 1 is 1.00 bits per heavy atom. The molecule has 1 aromatic heterocycles. The van der Waals surface area contributed by atoms with E-state index in [9.17, 15) is 0 Å². The molecule has 2 nitrogen and oxygen atoms in total. The average Bonchev–Trinajstić information content (AvgIpc) is 2.82. The molecule has 3 heteroatoms. The Balaban J connectivity index is 1.95. The lowest BCUT2D eigenvalue weighted by Gasteiger charge is -2.16. The highest BCUT2D eigenvalue weighted by atomic mass is 35.5. The number of nitrogens with one attached hydrogen (secondary N) is 1. The van der Waals surface area contributed by atoms with Gasteiger partial charge in [-0.3, -0.25) is 0 Å². The molecule has 0 amide bonds. The summed E-state index contributed by atoms with van der Waals surface area (Å²) in [5.41, 5.74) is 4.21. The Morgan fingerprint density at radius 2 is 1.76 bits per heavy atom. The van der Waals surface area contributed by atoms with Gasteiger partial charge in [0, 0.05) is 21.7 Å². The summed E-state index contributed by atoms with van der Waals surface area (Å²) in [6.07, 6.45) is 0. The zero-order valence-corrected chi connectivity index (χ0v) is 13.2. The number of hydrogen-bond acceptors (Lipinski definition) is 2. The first kappa shape index (κ1) is 14.0. The molecule has 108 valence electrons. The molecule has 0 saturated heterocycles. The second-order valence-corrected chi connectivity index (χ2v) is 5.77. The van der Waals surface area contributed by atoms with Crippen LogP contribution in [0.4, 0.5) is 5.69 Å². The Bertz CT molecular complexity index is 791. The molecule has 0 radical (unpaired) electrons. The van der Waals surface area contributed by atoms with Crippen LogP contribution in [-0.4, -0.2) is 0 Å². The standard InChI is InChI=1S/C18H18ClNO/c1-11-14-7-4-5-10-17(14)21-18(11)13(3)20-16-9-6-8-15(19)12(16)2/h4-10,13,20H,1-3H3. The molecule has 3 rings (SSSR count). The fraction of sp³-hybridized carbons (Fsp3) is 0.222. The lowest BCUT2D eigenvalue weighted by Crippen LogP contribution is -2.08. The summed E-state index contributed by atoms with van der Waals surface area (Å²) in [6.45, 7) is 6.22. The SMILES string of the molecule is Cc1c(Cl)cccc1NC(C)c1oc2ccccc2c1C. The van der Waals surface area contributed by atoms with E-state index in [0.717, 1.165) is 27.6 Å². The number of para-hydroxylation sites is 1. The number of fused-ring (bicyclic) bond motifs is 1. The van der Waals surface area contributed by atoms with E-state index in [1.807, 2.05) is 43.3 Å². The van der Waals surface area contributed by atoms with Crippen molar-refractivity contribution in [1.29, 1.82) is 0 Å². The molecule has 1 heterocycles. The van der Waals surface area contributed by atoms with Gasteiger partial charge in [0.1, 0.15) is 11.3 Å². The van der Waals surface area contributed by atoms with Crippen LogP contribution in [0, 0.1) is 13.8 Å². The molecule has 0 spiro atoms. The van der Waals surface area contributed by atoms with E-state index in [1.54, 1.807) is 0 Å². The number of hydrogen-bond donors (Lipinski definition) is 1. The van der Waals surface area contributed by atoms with Crippen LogP contribution in [0.1, 0.15) is 29.9 Å². The van der Waals surface area contributed by atoms with Crippen LogP contribution in [-0.2, 0) is 0 Å². The molecule has 0 aliphatic rings. The second-order valence-electron chi connectivity index (χ2n) is 5.37. The third kappa shape index (κ3) is 2.52. The number of halogens is 1. The topological polar surface area (TPSA) is 25.2 Å². The van der Waals surface area contributed by atoms with Gasteiger partial charge >= 0.3 is 0 Å². The quantitative estimate of drug-likeness (QED) is 0.653. The summed E-state index contributed by atoms with van der Waals surface area (Å²) in [7, 11) is 0. The Labute approximate surface area is 129 Å². The van der Waals surface area contributed by atoms with E-state index < -0.39 is 0 Å². The minimum atomic E-state index is 0.0783. The molecule has 2 aromatic carbocycles. The maximum Gasteiger partial charge on any atom is 0.134 e. The highest BCUT2D eigenvalue weighted by Crippen LogP contribution is 2.32. The van der Waals surface area contributed by atoms with Crippen LogP contribution in [0.5, 0.6) is 0 Å². The molecule has 0 bridgehead atoms. The predicted octanol–water partition coefficient (Wildman–Crippen LogP) is 5.88. The molecule has 0 saturated carbocycles. The van der Waals surface area contributed by atoms with Crippen molar-refractivity contribution in [1.82, 2.24) is 0 Å². The van der Waals surface area contributed by atoms with E-state index in [1.165, 1.54) is 10.9 Å². The first-order valence-electron chi connectivity index (χ1n) is 7.07. The van der Waals surface area contributed by atoms with Gasteiger partial charge in [-0.05, 0) is 44.5 Å². The largest absolute Gasteiger partial charge is 0.459 e. The van der Waals surface area contributed by atoms with Gasteiger partial charge in [-0.2, -0.15) is 0 Å². The van der Waals surface area contributed by atoms with Gasteiger partial charge in [0.05, 0.1) is 6.04 Å². The van der Waals surface area contributed by atoms with Crippen molar-refractivity contribution >= 4 is 28.3 Å². The van der Waals surface area contributed by atoms with Crippen LogP contribution in [0.15, 0.2) is 46.9 Å². The third-order valence-corrected chi connectivity index (χ3v) is 4.32. The highest BCUT2D eigenvalue weighted by Gasteiger charge is 2.17. The fourth-order valence-electron chi connectivity index (χ4n) is 2.67. The van der Waals surface area contributed by atoms with Crippen LogP contribution in [0.2, 0.25) is 5.02 Å². The maximum atomic E-state index is 6.18. The first-order valence-corrected chi connectivity index (χ1v) is 7.45. The second kappa shape index (κ2) is 5.45. The normalized spacial score (nSPS) is 12.6. The van der Waals surface area contributed by atoms with Crippen molar-refractivity contribution in [3.05, 3.63) is 64.4 Å². The van der Waals surface area contributed by atoms with E-state index in [4.69, 9.17) is 16.0 Å². The van der Waals surface area contributed by atoms with Crippen molar-refractivity contribution in [2.24, 2.45) is 0 Å². The van der Waals surface area contributed by atoms with Gasteiger partial charge in [-0.25, -0.2) is 0 Å². The summed E-state index contributed by atoms with van der Waals surface area (Å²) in [5.74, 6) is 0.968. The number of aryl methyl sites for hydroxylation is 1. The molecule has 3 aromatic rings. The van der Waals surface area contributed by atoms with Crippen molar-refractivity contribution in [3.63, 3.8) is 0 Å². The molecular formula is C18H18ClNO. The van der Waals surface area contributed by atoms with Gasteiger partial charge in [-0.1, -0.05) is 35.9 Å². The van der Waals surface area contributed by atoms with Gasteiger partial charge in [-0.15, -0.1) is 0 Å². The van der Waals surface area contributed by atoms with E-state index in [0.29, 0.717) is 0 Å². The van der Waals surface area contributed by atoms with Crippen molar-refractivity contribution in [3.8, 4) is 0 Å². The Hall–Kier alpha value is -1.93. The number of anilines is 1. The van der Waals surface area contributed by atoms with Gasteiger partial charge in [0.25, 0.3) is 0 Å². The molecule has 21 heavy (non-hydrogen) atoms. The van der Waals surface area contributed by atoms with E-state index in [2.05, 4.69) is 25.2 Å². The monoisotopic (exact) mass is 299 g/mol. The zero-order valence-electron chi connectivity index (χ0n) is 12.4. The minimum absolute atomic E-state index is 0.0783. The summed E-state index contributed by atoms with van der Waals surface area (Å²) >= 11 is 6.18. The highest BCUT2D eigenvalue weighted by molar-refractivity contribution is 6.31. The molecular weight excluding hydrogens is 282 g/mol. The van der Waals surface area contributed by atoms with Crippen molar-refractivity contribution < 1.29 is 4.42 Å². The van der Waals surface area contributed by atoms with Crippen molar-refractivity contribution in [2.45, 2.75) is 26.8 Å². The zero-order chi connectivity index (χ0) is 15.0. The van der Waals surface area contributed by atoms with E-state index >= 15 is 0 Å². The van der Waals surface area contributed by atoms with Gasteiger partial charge < -0.3 is 9.73 Å². The average molecular weight is 300 g/mol. The molecule has 0 aliphatic carbocycles. The smallest absolute Gasteiger partial charge is 0.134 e. The van der Waals surface area contributed by atoms with Crippen LogP contribution in [0.25, 0.3) is 11.0 Å². The maximum absolute atomic E-state index is 6.18. The minimum Gasteiger partial charge on any atom is -0.459 e. The molecule has 0 fully saturated rings. The number of furan rings is 1. The Morgan fingerprint density at radius 3 is 2.52 bits per heavy atom. The fourth-order valence-corrected chi connectivity index (χ4v) is 2.84. The molecule has 1 unspecified atom stereocenters. The van der Waals surface area contributed by atoms with Crippen molar-refractivity contribution in [2.75, 3.05) is 5.32 Å². The van der Waals surface area contributed by atoms with Crippen LogP contribution < -0.4 is 5.32 Å². The summed E-state index contributed by atoms with van der Waals surface area (Å²) in [6, 6.07) is 14.1. The van der Waals surface area contributed by atoms with Crippen LogP contribution in [0.3, 0.4) is 0 Å². The number of benzene rings is 2. The predicted molar refractivity (Wildman–Crippen MR) is 89.2 cm³/mol. The Kier molecular flexibility index (Phi) is 3.64. The number of rotatable bonds is 3. The van der Waals surface area contributed by atoms with Gasteiger partial charge in [0.15, 0.2) is 0 Å². The summed E-state index contributed by atoms with van der Waals surface area (Å²) in [4.78, 5) is 0. The molecule has 0 aliphatic heterocycles. The lowest BCUT2D eigenvalue weighted by molar-refractivity contribution is 0.522. The van der Waals surface area contributed by atoms with Crippen LogP contribution >= 0.6 is 11.6 Å². The summed E-state index contributed by atoms with van der Waals surface area (Å²) in [5, 5.41) is 5.43. The first-order chi connectivity index (χ1) is 10.1. The molecule has 1 atom stereocenters. The third-order valence-electron chi connectivity index (χ3n) is 3.91. The summed E-state index contributed by atoms with van der Waals surface area (Å²) < 4.78 is 6.01. The van der Waals surface area contributed by atoms with Gasteiger partial charge in [0.2, 0.25) is 0 Å². The molecule has 1 N–H and O–H groups in total. The lowest BCUT2D eigenvalue weighted by atomic mass is 10.1.